The van der Waals surface area contributed by atoms with Crippen LogP contribution >= 0.6 is 15.9 Å². The Morgan fingerprint density at radius 2 is 1.65 bits per heavy atom. The highest BCUT2D eigenvalue weighted by atomic mass is 79.9. The van der Waals surface area contributed by atoms with E-state index in [0.29, 0.717) is 16.8 Å². The van der Waals surface area contributed by atoms with Crippen molar-refractivity contribution in [2.24, 2.45) is 0 Å². The molecule has 1 fully saturated rings. The molecule has 1 aliphatic heterocycles. The van der Waals surface area contributed by atoms with E-state index in [0.717, 1.165) is 4.47 Å². The van der Waals surface area contributed by atoms with E-state index in [2.05, 4.69) is 15.9 Å². The number of Topliss-reactive ketones (excluding diaryl/α,β-unsaturated/α-hetero) is 1. The average Bonchev–Trinajstić information content (AvgIpc) is 3.05. The molecule has 0 aromatic heterocycles. The molecule has 1 saturated heterocycles. The Kier molecular flexibility index (Phi) is 5.39. The third-order valence-electron chi connectivity index (χ3n) is 4.99. The Hall–Kier alpha value is -3.78. The van der Waals surface area contributed by atoms with Crippen molar-refractivity contribution in [3.05, 3.63) is 110 Å². The van der Waals surface area contributed by atoms with E-state index in [1.54, 1.807) is 60.7 Å². The number of nitro benzene ring substituents is 1. The predicted molar refractivity (Wildman–Crippen MR) is 118 cm³/mol. The van der Waals surface area contributed by atoms with Gasteiger partial charge in [0, 0.05) is 27.9 Å². The topological polar surface area (TPSA) is 101 Å². The molecule has 1 amide bonds. The summed E-state index contributed by atoms with van der Waals surface area (Å²) in [5, 5.41) is 22.3. The first-order chi connectivity index (χ1) is 14.9. The number of amides is 1. The van der Waals surface area contributed by atoms with Crippen molar-refractivity contribution in [3.63, 3.8) is 0 Å². The first kappa shape index (κ1) is 20.5. The zero-order chi connectivity index (χ0) is 22.1. The molecule has 0 spiro atoms. The van der Waals surface area contributed by atoms with Crippen LogP contribution in [0.25, 0.3) is 5.76 Å². The fourth-order valence-electron chi connectivity index (χ4n) is 3.58. The fourth-order valence-corrected chi connectivity index (χ4v) is 3.84. The average molecular weight is 479 g/mol. The Morgan fingerprint density at radius 3 is 2.29 bits per heavy atom. The minimum Gasteiger partial charge on any atom is -0.507 e. The summed E-state index contributed by atoms with van der Waals surface area (Å²) in [4.78, 5) is 38.1. The Labute approximate surface area is 185 Å². The monoisotopic (exact) mass is 478 g/mol. The first-order valence-corrected chi connectivity index (χ1v) is 10.0. The van der Waals surface area contributed by atoms with Gasteiger partial charge in [0.05, 0.1) is 16.5 Å². The lowest BCUT2D eigenvalue weighted by Gasteiger charge is -2.25. The van der Waals surface area contributed by atoms with Crippen molar-refractivity contribution >= 4 is 44.8 Å². The number of rotatable bonds is 4. The highest BCUT2D eigenvalue weighted by Crippen LogP contribution is 2.42. The number of aliphatic hydroxyl groups is 1. The molecule has 1 heterocycles. The highest BCUT2D eigenvalue weighted by Gasteiger charge is 2.47. The van der Waals surface area contributed by atoms with E-state index in [1.807, 2.05) is 0 Å². The zero-order valence-corrected chi connectivity index (χ0v) is 17.5. The Balaban J connectivity index is 1.97. The van der Waals surface area contributed by atoms with Crippen LogP contribution in [-0.2, 0) is 9.59 Å². The maximum atomic E-state index is 13.0. The van der Waals surface area contributed by atoms with Crippen LogP contribution in [0, 0.1) is 10.1 Å². The van der Waals surface area contributed by atoms with Gasteiger partial charge in [-0.15, -0.1) is 0 Å². The van der Waals surface area contributed by atoms with Gasteiger partial charge in [-0.05, 0) is 29.8 Å². The smallest absolute Gasteiger partial charge is 0.300 e. The molecule has 0 bridgehead atoms. The van der Waals surface area contributed by atoms with Gasteiger partial charge in [-0.25, -0.2) is 0 Å². The SMILES string of the molecule is O=C1C(=O)N(c2ccc(Br)cc2)[C@@H](c2cccc([N+](=O)[O-])c2)C1=C(O)c1ccccc1. The summed E-state index contributed by atoms with van der Waals surface area (Å²) >= 11 is 3.34. The number of benzene rings is 3. The second-order valence-corrected chi connectivity index (χ2v) is 7.78. The molecule has 1 aliphatic rings. The number of aliphatic hydroxyl groups excluding tert-OH is 1. The molecule has 0 aliphatic carbocycles. The lowest BCUT2D eigenvalue weighted by Crippen LogP contribution is -2.29. The predicted octanol–water partition coefficient (Wildman–Crippen LogP) is 4.98. The zero-order valence-electron chi connectivity index (χ0n) is 15.9. The van der Waals surface area contributed by atoms with Crippen molar-refractivity contribution in [1.82, 2.24) is 0 Å². The van der Waals surface area contributed by atoms with E-state index in [1.165, 1.54) is 23.1 Å². The number of nitro groups is 1. The highest BCUT2D eigenvalue weighted by molar-refractivity contribution is 9.10. The maximum absolute atomic E-state index is 13.0. The molecule has 0 unspecified atom stereocenters. The summed E-state index contributed by atoms with van der Waals surface area (Å²) < 4.78 is 0.781. The standard InChI is InChI=1S/C23H15BrN2O5/c24-16-9-11-17(12-10-16)25-20(15-7-4-8-18(13-15)26(30)31)19(22(28)23(25)29)21(27)14-5-2-1-3-6-14/h1-13,20,27H/t20-/m0/s1. The summed E-state index contributed by atoms with van der Waals surface area (Å²) in [5.41, 5.74) is 0.827. The summed E-state index contributed by atoms with van der Waals surface area (Å²) in [6.07, 6.45) is 0. The second kappa shape index (κ2) is 8.16. The third-order valence-corrected chi connectivity index (χ3v) is 5.52. The Morgan fingerprint density at radius 1 is 0.968 bits per heavy atom. The number of halogens is 1. The van der Waals surface area contributed by atoms with Crippen molar-refractivity contribution in [1.29, 1.82) is 0 Å². The lowest BCUT2D eigenvalue weighted by molar-refractivity contribution is -0.384. The first-order valence-electron chi connectivity index (χ1n) is 9.25. The van der Waals surface area contributed by atoms with Crippen LogP contribution in [0.5, 0.6) is 0 Å². The molecular weight excluding hydrogens is 464 g/mol. The van der Waals surface area contributed by atoms with Gasteiger partial charge in [0.2, 0.25) is 0 Å². The molecule has 31 heavy (non-hydrogen) atoms. The molecule has 7 nitrogen and oxygen atoms in total. The van der Waals surface area contributed by atoms with E-state index in [9.17, 15) is 24.8 Å². The van der Waals surface area contributed by atoms with E-state index >= 15 is 0 Å². The minimum atomic E-state index is -1.03. The summed E-state index contributed by atoms with van der Waals surface area (Å²) in [6, 6.07) is 19.8. The van der Waals surface area contributed by atoms with Crippen molar-refractivity contribution in [2.45, 2.75) is 6.04 Å². The number of hydrogen-bond acceptors (Lipinski definition) is 5. The number of carbonyl (C=O) groups excluding carboxylic acids is 2. The number of anilines is 1. The summed E-state index contributed by atoms with van der Waals surface area (Å²) in [6.45, 7) is 0. The van der Waals surface area contributed by atoms with Crippen LogP contribution in [0.3, 0.4) is 0 Å². The van der Waals surface area contributed by atoms with Gasteiger partial charge in [-0.1, -0.05) is 58.4 Å². The van der Waals surface area contributed by atoms with Crippen molar-refractivity contribution in [2.75, 3.05) is 4.90 Å². The molecule has 0 radical (unpaired) electrons. The molecule has 4 rings (SSSR count). The molecule has 0 saturated carbocycles. The van der Waals surface area contributed by atoms with Crippen LogP contribution in [0.1, 0.15) is 17.2 Å². The van der Waals surface area contributed by atoms with Gasteiger partial charge in [0.15, 0.2) is 0 Å². The van der Waals surface area contributed by atoms with Crippen LogP contribution in [0.4, 0.5) is 11.4 Å². The number of ketones is 1. The van der Waals surface area contributed by atoms with Crippen molar-refractivity contribution in [3.8, 4) is 0 Å². The van der Waals surface area contributed by atoms with Crippen molar-refractivity contribution < 1.29 is 19.6 Å². The quantitative estimate of drug-likeness (QED) is 0.187. The van der Waals surface area contributed by atoms with Gasteiger partial charge >= 0.3 is 0 Å². The van der Waals surface area contributed by atoms with Gasteiger partial charge in [-0.2, -0.15) is 0 Å². The summed E-state index contributed by atoms with van der Waals surface area (Å²) in [7, 11) is 0. The van der Waals surface area contributed by atoms with E-state index < -0.39 is 22.7 Å². The third kappa shape index (κ3) is 3.73. The van der Waals surface area contributed by atoms with Crippen LogP contribution in [-0.4, -0.2) is 21.7 Å². The summed E-state index contributed by atoms with van der Waals surface area (Å²) in [5.74, 6) is -2.02. The number of non-ortho nitro benzene ring substituents is 1. The molecule has 1 atom stereocenters. The van der Waals surface area contributed by atoms with Crippen LogP contribution in [0.15, 0.2) is 88.9 Å². The Bertz CT molecular complexity index is 1220. The van der Waals surface area contributed by atoms with Gasteiger partial charge in [0.1, 0.15) is 5.76 Å². The van der Waals surface area contributed by atoms with Gasteiger partial charge in [0.25, 0.3) is 17.4 Å². The second-order valence-electron chi connectivity index (χ2n) is 6.86. The fraction of sp³-hybridized carbons (Fsp3) is 0.0435. The van der Waals surface area contributed by atoms with Crippen LogP contribution < -0.4 is 4.90 Å². The van der Waals surface area contributed by atoms with Gasteiger partial charge < -0.3 is 5.11 Å². The molecular formula is C23H15BrN2O5. The van der Waals surface area contributed by atoms with E-state index in [4.69, 9.17) is 0 Å². The largest absolute Gasteiger partial charge is 0.507 e. The molecule has 1 N–H and O–H groups in total. The molecule has 3 aromatic rings. The number of nitrogens with zero attached hydrogens (tertiary/aromatic N) is 2. The number of hydrogen-bond donors (Lipinski definition) is 1. The molecule has 8 heteroatoms. The van der Waals surface area contributed by atoms with E-state index in [-0.39, 0.29) is 17.0 Å². The van der Waals surface area contributed by atoms with Gasteiger partial charge in [-0.3, -0.25) is 24.6 Å². The number of carbonyl (C=O) groups is 2. The lowest BCUT2D eigenvalue weighted by atomic mass is 9.95. The van der Waals surface area contributed by atoms with Crippen LogP contribution in [0.2, 0.25) is 0 Å². The maximum Gasteiger partial charge on any atom is 0.300 e. The minimum absolute atomic E-state index is 0.125. The molecule has 154 valence electrons. The molecule has 3 aromatic carbocycles. The normalized spacial score (nSPS) is 17.7.